The van der Waals surface area contributed by atoms with Crippen LogP contribution in [-0.4, -0.2) is 43.8 Å². The van der Waals surface area contributed by atoms with Gasteiger partial charge in [-0.1, -0.05) is 84.2 Å². The number of aryl methyl sites for hydroxylation is 2. The second kappa shape index (κ2) is 16.0. The smallest absolute Gasteiger partial charge is 0.264 e. The molecule has 0 aromatic heterocycles. The lowest BCUT2D eigenvalue weighted by molar-refractivity contribution is -0.140. The normalized spacial score (nSPS) is 12.7. The Morgan fingerprint density at radius 1 is 0.830 bits per heavy atom. The summed E-state index contributed by atoms with van der Waals surface area (Å²) in [6.07, 6.45) is 0.869. The van der Waals surface area contributed by atoms with Crippen LogP contribution >= 0.6 is 34.8 Å². The Morgan fingerprint density at radius 3 is 2.11 bits per heavy atom. The summed E-state index contributed by atoms with van der Waals surface area (Å²) < 4.78 is 29.5. The van der Waals surface area contributed by atoms with Crippen LogP contribution in [0.3, 0.4) is 0 Å². The van der Waals surface area contributed by atoms with Gasteiger partial charge in [-0.3, -0.25) is 13.9 Å². The minimum atomic E-state index is -4.26. The monoisotopic (exact) mass is 713 g/mol. The molecule has 2 atom stereocenters. The van der Waals surface area contributed by atoms with Gasteiger partial charge in [0.15, 0.2) is 0 Å². The Morgan fingerprint density at radius 2 is 1.49 bits per heavy atom. The molecule has 0 saturated carbocycles. The van der Waals surface area contributed by atoms with Crippen molar-refractivity contribution < 1.29 is 18.0 Å². The van der Waals surface area contributed by atoms with Crippen LogP contribution in [0.2, 0.25) is 15.1 Å². The Kier molecular flexibility index (Phi) is 12.4. The van der Waals surface area contributed by atoms with E-state index in [0.29, 0.717) is 32.7 Å². The molecule has 4 aromatic carbocycles. The molecule has 0 fully saturated rings. The van der Waals surface area contributed by atoms with Crippen molar-refractivity contribution in [2.45, 2.75) is 64.1 Å². The van der Waals surface area contributed by atoms with Crippen molar-refractivity contribution in [3.63, 3.8) is 0 Å². The Labute approximate surface area is 292 Å². The van der Waals surface area contributed by atoms with E-state index in [1.807, 2.05) is 64.1 Å². The fourth-order valence-electron chi connectivity index (χ4n) is 4.97. The summed E-state index contributed by atoms with van der Waals surface area (Å²) >= 11 is 18.8. The zero-order valence-corrected chi connectivity index (χ0v) is 29.8. The SMILES string of the molecule is CC[C@@H](C)NC(=O)[C@H](Cc1ccccc1)N(Cc1ccc(Cl)cc1Cl)C(=O)CN(c1ccc(C)c(C)c1)S(=O)(=O)c1ccc(Cl)cc1. The fourth-order valence-corrected chi connectivity index (χ4v) is 6.97. The molecule has 4 rings (SSSR count). The van der Waals surface area contributed by atoms with E-state index in [1.54, 1.807) is 30.3 Å². The van der Waals surface area contributed by atoms with Gasteiger partial charge in [-0.05, 0) is 98.0 Å². The topological polar surface area (TPSA) is 86.8 Å². The highest BCUT2D eigenvalue weighted by atomic mass is 35.5. The van der Waals surface area contributed by atoms with Gasteiger partial charge in [0.25, 0.3) is 10.0 Å². The number of benzene rings is 4. The van der Waals surface area contributed by atoms with Crippen LogP contribution < -0.4 is 9.62 Å². The highest BCUT2D eigenvalue weighted by Crippen LogP contribution is 2.29. The molecular weight excluding hydrogens is 677 g/mol. The number of hydrogen-bond acceptors (Lipinski definition) is 4. The van der Waals surface area contributed by atoms with Gasteiger partial charge < -0.3 is 10.2 Å². The summed E-state index contributed by atoms with van der Waals surface area (Å²) in [5, 5.41) is 4.13. The highest BCUT2D eigenvalue weighted by Gasteiger charge is 2.35. The Hall–Kier alpha value is -3.56. The van der Waals surface area contributed by atoms with Crippen LogP contribution in [-0.2, 0) is 32.6 Å². The maximum absolute atomic E-state index is 14.6. The second-order valence-electron chi connectivity index (χ2n) is 11.5. The average Bonchev–Trinajstić information content (AvgIpc) is 3.04. The van der Waals surface area contributed by atoms with Crippen LogP contribution in [0.1, 0.15) is 42.5 Å². The van der Waals surface area contributed by atoms with E-state index in [4.69, 9.17) is 34.8 Å². The lowest BCUT2D eigenvalue weighted by atomic mass is 10.0. The first-order chi connectivity index (χ1) is 22.3. The quantitative estimate of drug-likeness (QED) is 0.152. The Balaban J connectivity index is 1.85. The minimum Gasteiger partial charge on any atom is -0.352 e. The molecule has 248 valence electrons. The maximum Gasteiger partial charge on any atom is 0.264 e. The van der Waals surface area contributed by atoms with Crippen molar-refractivity contribution in [1.29, 1.82) is 0 Å². The molecule has 0 radical (unpaired) electrons. The van der Waals surface area contributed by atoms with Crippen molar-refractivity contribution in [3.05, 3.63) is 128 Å². The third-order valence-corrected chi connectivity index (χ3v) is 10.7. The predicted octanol–water partition coefficient (Wildman–Crippen LogP) is 8.01. The van der Waals surface area contributed by atoms with Gasteiger partial charge in [-0.15, -0.1) is 0 Å². The van der Waals surface area contributed by atoms with E-state index in [2.05, 4.69) is 5.32 Å². The molecule has 1 N–H and O–H groups in total. The van der Waals surface area contributed by atoms with Gasteiger partial charge in [0.2, 0.25) is 11.8 Å². The third kappa shape index (κ3) is 9.29. The number of hydrogen-bond donors (Lipinski definition) is 1. The molecule has 0 unspecified atom stereocenters. The molecule has 0 bridgehead atoms. The summed E-state index contributed by atoms with van der Waals surface area (Å²) in [4.78, 5) is 30.0. The summed E-state index contributed by atoms with van der Waals surface area (Å²) in [6, 6.07) is 24.1. The molecule has 0 saturated heterocycles. The van der Waals surface area contributed by atoms with Crippen molar-refractivity contribution >= 4 is 62.3 Å². The van der Waals surface area contributed by atoms with E-state index in [-0.39, 0.29) is 29.8 Å². The molecule has 47 heavy (non-hydrogen) atoms. The van der Waals surface area contributed by atoms with Crippen molar-refractivity contribution in [3.8, 4) is 0 Å². The first-order valence-corrected chi connectivity index (χ1v) is 17.8. The number of carbonyl (C=O) groups excluding carboxylic acids is 2. The molecule has 4 aromatic rings. The standard InChI is InChI=1S/C36H38Cl3N3O4S/c1-5-26(4)40-36(44)34(20-27-9-7-6-8-10-27)41(22-28-12-13-30(38)21-33(28)39)35(43)23-42(31-16-11-24(2)25(3)19-31)47(45,46)32-17-14-29(37)15-18-32/h6-19,21,26,34H,5,20,22-23H2,1-4H3,(H,40,44)/t26-,34+/m1/s1. The number of sulfonamides is 1. The van der Waals surface area contributed by atoms with Crippen molar-refractivity contribution in [2.75, 3.05) is 10.8 Å². The lowest BCUT2D eigenvalue weighted by Gasteiger charge is -2.34. The summed E-state index contributed by atoms with van der Waals surface area (Å²) in [7, 11) is -4.26. The molecule has 11 heteroatoms. The first kappa shape index (κ1) is 36.3. The molecule has 0 aliphatic heterocycles. The zero-order valence-electron chi connectivity index (χ0n) is 26.7. The third-order valence-electron chi connectivity index (χ3n) is 8.09. The van der Waals surface area contributed by atoms with Crippen LogP contribution in [0.5, 0.6) is 0 Å². The number of halogens is 3. The first-order valence-electron chi connectivity index (χ1n) is 15.2. The molecule has 0 spiro atoms. The molecular formula is C36H38Cl3N3O4S. The number of anilines is 1. The number of carbonyl (C=O) groups is 2. The van der Waals surface area contributed by atoms with E-state index in [9.17, 15) is 18.0 Å². The number of rotatable bonds is 13. The second-order valence-corrected chi connectivity index (χ2v) is 14.7. The van der Waals surface area contributed by atoms with Gasteiger partial charge in [-0.2, -0.15) is 0 Å². The molecule has 0 aliphatic carbocycles. The minimum absolute atomic E-state index is 0.0319. The van der Waals surface area contributed by atoms with Gasteiger partial charge >= 0.3 is 0 Å². The Bertz CT molecular complexity index is 1820. The van der Waals surface area contributed by atoms with E-state index in [0.717, 1.165) is 21.0 Å². The maximum atomic E-state index is 14.6. The molecule has 7 nitrogen and oxygen atoms in total. The molecule has 0 heterocycles. The van der Waals surface area contributed by atoms with Crippen LogP contribution in [0.25, 0.3) is 0 Å². The van der Waals surface area contributed by atoms with Gasteiger partial charge in [0, 0.05) is 34.1 Å². The largest absolute Gasteiger partial charge is 0.352 e. The zero-order chi connectivity index (χ0) is 34.3. The van der Waals surface area contributed by atoms with Crippen LogP contribution in [0.4, 0.5) is 5.69 Å². The van der Waals surface area contributed by atoms with E-state index in [1.165, 1.54) is 29.2 Å². The lowest BCUT2D eigenvalue weighted by Crippen LogP contribution is -2.54. The van der Waals surface area contributed by atoms with Crippen LogP contribution in [0.15, 0.2) is 95.9 Å². The van der Waals surface area contributed by atoms with Crippen LogP contribution in [0, 0.1) is 13.8 Å². The molecule has 0 aliphatic rings. The van der Waals surface area contributed by atoms with E-state index >= 15 is 0 Å². The van der Waals surface area contributed by atoms with Crippen molar-refractivity contribution in [1.82, 2.24) is 10.2 Å². The number of nitrogens with zero attached hydrogens (tertiary/aromatic N) is 2. The number of nitrogens with one attached hydrogen (secondary N) is 1. The number of amides is 2. The highest BCUT2D eigenvalue weighted by molar-refractivity contribution is 7.92. The fraction of sp³-hybridized carbons (Fsp3) is 0.278. The van der Waals surface area contributed by atoms with Gasteiger partial charge in [-0.25, -0.2) is 8.42 Å². The summed E-state index contributed by atoms with van der Waals surface area (Å²) in [6.45, 7) is 6.99. The summed E-state index contributed by atoms with van der Waals surface area (Å²) in [5.41, 5.74) is 3.51. The predicted molar refractivity (Wildman–Crippen MR) is 191 cm³/mol. The van der Waals surface area contributed by atoms with Gasteiger partial charge in [0.1, 0.15) is 12.6 Å². The molecule has 2 amide bonds. The van der Waals surface area contributed by atoms with Crippen molar-refractivity contribution in [2.24, 2.45) is 0 Å². The average molecular weight is 715 g/mol. The van der Waals surface area contributed by atoms with Gasteiger partial charge in [0.05, 0.1) is 10.6 Å². The van der Waals surface area contributed by atoms with E-state index < -0.39 is 28.5 Å². The summed E-state index contributed by atoms with van der Waals surface area (Å²) in [5.74, 6) is -0.952.